The van der Waals surface area contributed by atoms with E-state index in [0.29, 0.717) is 6.04 Å². The second-order valence-corrected chi connectivity index (χ2v) is 5.72. The van der Waals surface area contributed by atoms with Crippen LogP contribution in [0.25, 0.3) is 0 Å². The molecule has 1 N–H and O–H groups in total. The van der Waals surface area contributed by atoms with Crippen LogP contribution in [0.5, 0.6) is 0 Å². The van der Waals surface area contributed by atoms with Gasteiger partial charge in [-0.1, -0.05) is 39.5 Å². The van der Waals surface area contributed by atoms with Gasteiger partial charge in [-0.15, -0.1) is 0 Å². The Morgan fingerprint density at radius 2 is 1.61 bits per heavy atom. The highest BCUT2D eigenvalue weighted by Crippen LogP contribution is 2.35. The van der Waals surface area contributed by atoms with Crippen LogP contribution >= 0.6 is 0 Å². The molecular formula is C16H33NO. The molecule has 0 spiro atoms. The van der Waals surface area contributed by atoms with Crippen LogP contribution in [0.15, 0.2) is 0 Å². The maximum absolute atomic E-state index is 6.21. The first kappa shape index (κ1) is 16.0. The van der Waals surface area contributed by atoms with Crippen molar-refractivity contribution >= 4 is 0 Å². The Bertz CT molecular complexity index is 205. The van der Waals surface area contributed by atoms with Gasteiger partial charge in [0.15, 0.2) is 0 Å². The molecule has 0 amide bonds. The van der Waals surface area contributed by atoms with Gasteiger partial charge in [-0.05, 0) is 45.6 Å². The molecule has 2 heteroatoms. The molecule has 18 heavy (non-hydrogen) atoms. The fraction of sp³-hybridized carbons (Fsp3) is 1.00. The summed E-state index contributed by atoms with van der Waals surface area (Å²) in [6.45, 7) is 7.51. The third-order valence-electron chi connectivity index (χ3n) is 4.88. The molecule has 0 aromatic carbocycles. The van der Waals surface area contributed by atoms with Crippen LogP contribution in [0.1, 0.15) is 72.1 Å². The van der Waals surface area contributed by atoms with E-state index < -0.39 is 0 Å². The Labute approximate surface area is 114 Å². The van der Waals surface area contributed by atoms with Gasteiger partial charge in [-0.25, -0.2) is 0 Å². The lowest BCUT2D eigenvalue weighted by atomic mass is 9.77. The number of rotatable bonds is 7. The van der Waals surface area contributed by atoms with Gasteiger partial charge in [0.25, 0.3) is 0 Å². The summed E-state index contributed by atoms with van der Waals surface area (Å²) in [7, 11) is 2.12. The van der Waals surface area contributed by atoms with Crippen LogP contribution in [-0.2, 0) is 4.74 Å². The van der Waals surface area contributed by atoms with Gasteiger partial charge in [0, 0.05) is 12.6 Å². The molecular weight excluding hydrogens is 222 g/mol. The molecule has 1 fully saturated rings. The van der Waals surface area contributed by atoms with Crippen molar-refractivity contribution < 1.29 is 4.74 Å². The second kappa shape index (κ2) is 8.16. The van der Waals surface area contributed by atoms with Crippen molar-refractivity contribution in [1.29, 1.82) is 0 Å². The summed E-state index contributed by atoms with van der Waals surface area (Å²) in [6, 6.07) is 0.519. The zero-order chi connectivity index (χ0) is 13.4. The summed E-state index contributed by atoms with van der Waals surface area (Å²) >= 11 is 0. The SMILES string of the molecule is CCOC(CC)(CC)C(NC)C1CCCCCC1. The molecule has 0 heterocycles. The minimum absolute atomic E-state index is 0.0402. The lowest BCUT2D eigenvalue weighted by Crippen LogP contribution is -2.54. The van der Waals surface area contributed by atoms with E-state index in [1.54, 1.807) is 0 Å². The summed E-state index contributed by atoms with van der Waals surface area (Å²) in [6.07, 6.45) is 10.6. The number of nitrogens with one attached hydrogen (secondary N) is 1. The Morgan fingerprint density at radius 3 is 2.00 bits per heavy atom. The molecule has 1 aliphatic carbocycles. The topological polar surface area (TPSA) is 21.3 Å². The average molecular weight is 255 g/mol. The van der Waals surface area contributed by atoms with Crippen molar-refractivity contribution in [3.63, 3.8) is 0 Å². The lowest BCUT2D eigenvalue weighted by molar-refractivity contribution is -0.0852. The number of hydrogen-bond donors (Lipinski definition) is 1. The van der Waals surface area contributed by atoms with Gasteiger partial charge in [-0.2, -0.15) is 0 Å². The number of ether oxygens (including phenoxy) is 1. The first-order chi connectivity index (χ1) is 8.74. The van der Waals surface area contributed by atoms with E-state index in [0.717, 1.165) is 25.4 Å². The number of hydrogen-bond acceptors (Lipinski definition) is 2. The molecule has 0 aromatic heterocycles. The van der Waals surface area contributed by atoms with E-state index in [1.165, 1.54) is 38.5 Å². The van der Waals surface area contributed by atoms with Crippen molar-refractivity contribution in [3.8, 4) is 0 Å². The summed E-state index contributed by atoms with van der Waals surface area (Å²) < 4.78 is 6.21. The van der Waals surface area contributed by atoms with E-state index >= 15 is 0 Å². The predicted molar refractivity (Wildman–Crippen MR) is 79.0 cm³/mol. The predicted octanol–water partition coefficient (Wildman–Crippen LogP) is 4.14. The van der Waals surface area contributed by atoms with Crippen molar-refractivity contribution in [2.75, 3.05) is 13.7 Å². The highest BCUT2D eigenvalue weighted by Gasteiger charge is 2.40. The number of likely N-dealkylation sites (N-methyl/N-ethyl adjacent to an activating group) is 1. The fourth-order valence-corrected chi connectivity index (χ4v) is 3.84. The molecule has 1 unspecified atom stereocenters. The maximum Gasteiger partial charge on any atom is 0.0831 e. The van der Waals surface area contributed by atoms with Gasteiger partial charge in [0.2, 0.25) is 0 Å². The molecule has 0 bridgehead atoms. The first-order valence-electron chi connectivity index (χ1n) is 8.05. The molecule has 1 atom stereocenters. The van der Waals surface area contributed by atoms with Crippen LogP contribution in [0.4, 0.5) is 0 Å². The molecule has 2 nitrogen and oxygen atoms in total. The summed E-state index contributed by atoms with van der Waals surface area (Å²) in [5.74, 6) is 0.795. The molecule has 0 aliphatic heterocycles. The van der Waals surface area contributed by atoms with Gasteiger partial charge in [0.1, 0.15) is 0 Å². The van der Waals surface area contributed by atoms with E-state index in [2.05, 4.69) is 33.1 Å². The lowest BCUT2D eigenvalue weighted by Gasteiger charge is -2.43. The standard InChI is InChI=1S/C16H33NO/c1-5-16(6-2,18-7-3)15(17-4)14-12-10-8-9-11-13-14/h14-15,17H,5-13H2,1-4H3. The van der Waals surface area contributed by atoms with E-state index in [4.69, 9.17) is 4.74 Å². The normalized spacial score (nSPS) is 20.7. The first-order valence-corrected chi connectivity index (χ1v) is 8.05. The molecule has 0 radical (unpaired) electrons. The Morgan fingerprint density at radius 1 is 1.06 bits per heavy atom. The molecule has 0 aromatic rings. The van der Waals surface area contributed by atoms with Crippen molar-refractivity contribution in [2.45, 2.75) is 83.8 Å². The zero-order valence-corrected chi connectivity index (χ0v) is 12.9. The Hall–Kier alpha value is -0.0800. The molecule has 1 rings (SSSR count). The van der Waals surface area contributed by atoms with Crippen molar-refractivity contribution in [2.24, 2.45) is 5.92 Å². The quantitative estimate of drug-likeness (QED) is 0.690. The van der Waals surface area contributed by atoms with Crippen molar-refractivity contribution in [1.82, 2.24) is 5.32 Å². The summed E-state index contributed by atoms with van der Waals surface area (Å²) in [4.78, 5) is 0. The molecule has 0 saturated heterocycles. The highest BCUT2D eigenvalue weighted by atomic mass is 16.5. The molecule has 108 valence electrons. The smallest absolute Gasteiger partial charge is 0.0831 e. The second-order valence-electron chi connectivity index (χ2n) is 5.72. The van der Waals surface area contributed by atoms with Crippen LogP contribution in [-0.4, -0.2) is 25.3 Å². The summed E-state index contributed by atoms with van der Waals surface area (Å²) in [5.41, 5.74) is 0.0402. The summed E-state index contributed by atoms with van der Waals surface area (Å²) in [5, 5.41) is 3.60. The van der Waals surface area contributed by atoms with E-state index in [1.807, 2.05) is 0 Å². The van der Waals surface area contributed by atoms with Gasteiger partial charge < -0.3 is 10.1 Å². The largest absolute Gasteiger partial charge is 0.374 e. The average Bonchev–Trinajstić information content (AvgIpc) is 2.67. The van der Waals surface area contributed by atoms with Gasteiger partial charge in [-0.3, -0.25) is 0 Å². The van der Waals surface area contributed by atoms with Crippen LogP contribution in [0.2, 0.25) is 0 Å². The Balaban J connectivity index is 2.81. The van der Waals surface area contributed by atoms with E-state index in [-0.39, 0.29) is 5.60 Å². The third-order valence-corrected chi connectivity index (χ3v) is 4.88. The minimum Gasteiger partial charge on any atom is -0.374 e. The minimum atomic E-state index is 0.0402. The van der Waals surface area contributed by atoms with Crippen LogP contribution < -0.4 is 5.32 Å². The fourth-order valence-electron chi connectivity index (χ4n) is 3.84. The van der Waals surface area contributed by atoms with Crippen LogP contribution in [0.3, 0.4) is 0 Å². The third kappa shape index (κ3) is 3.71. The monoisotopic (exact) mass is 255 g/mol. The van der Waals surface area contributed by atoms with Gasteiger partial charge in [0.05, 0.1) is 5.60 Å². The molecule has 1 aliphatic rings. The zero-order valence-electron chi connectivity index (χ0n) is 12.9. The highest BCUT2D eigenvalue weighted by molar-refractivity contribution is 4.95. The molecule has 1 saturated carbocycles. The maximum atomic E-state index is 6.21. The van der Waals surface area contributed by atoms with Crippen LogP contribution in [0, 0.1) is 5.92 Å². The van der Waals surface area contributed by atoms with Crippen molar-refractivity contribution in [3.05, 3.63) is 0 Å². The van der Waals surface area contributed by atoms with Gasteiger partial charge >= 0.3 is 0 Å². The van der Waals surface area contributed by atoms with E-state index in [9.17, 15) is 0 Å². The Kier molecular flexibility index (Phi) is 7.25.